The summed E-state index contributed by atoms with van der Waals surface area (Å²) in [5.74, 6) is 1.37. The van der Waals surface area contributed by atoms with Crippen molar-refractivity contribution in [3.63, 3.8) is 0 Å². The van der Waals surface area contributed by atoms with Gasteiger partial charge in [-0.05, 0) is 63.7 Å². The molecule has 0 atom stereocenters. The van der Waals surface area contributed by atoms with E-state index in [0.29, 0.717) is 12.5 Å². The number of nitrogens with two attached hydrogens (primary N) is 1. The Hall–Kier alpha value is -0.810. The van der Waals surface area contributed by atoms with Gasteiger partial charge < -0.3 is 20.7 Å². The van der Waals surface area contributed by atoms with Gasteiger partial charge in [-0.15, -0.1) is 0 Å². The lowest BCUT2D eigenvalue weighted by molar-refractivity contribution is 0.0934. The molecule has 2 aliphatic rings. The van der Waals surface area contributed by atoms with E-state index in [4.69, 9.17) is 10.5 Å². The Kier molecular flexibility index (Phi) is 5.26. The fourth-order valence-corrected chi connectivity index (χ4v) is 2.97. The minimum atomic E-state index is -0.646. The molecule has 0 aromatic rings. The summed E-state index contributed by atoms with van der Waals surface area (Å²) in [6.07, 6.45) is 4.22. The second kappa shape index (κ2) is 6.95. The summed E-state index contributed by atoms with van der Waals surface area (Å²) in [4.78, 5) is 13.1. The quantitative estimate of drug-likeness (QED) is 0.779. The zero-order valence-corrected chi connectivity index (χ0v) is 11.1. The van der Waals surface area contributed by atoms with Crippen molar-refractivity contribution in [2.24, 2.45) is 17.6 Å². The molecule has 5 nitrogen and oxygen atoms in total. The van der Waals surface area contributed by atoms with E-state index in [1.807, 2.05) is 0 Å². The molecule has 2 fully saturated rings. The molecule has 3 N–H and O–H groups in total. The van der Waals surface area contributed by atoms with Gasteiger partial charge in [-0.2, -0.15) is 0 Å². The summed E-state index contributed by atoms with van der Waals surface area (Å²) >= 11 is 0. The topological polar surface area (TPSA) is 67.6 Å². The van der Waals surface area contributed by atoms with Crippen molar-refractivity contribution in [1.29, 1.82) is 0 Å². The standard InChI is InChI=1S/C13H25N3O2/c14-13(17)18-10-12-3-7-16(8-4-12)9-11-1-5-15-6-2-11/h11-12,15H,1-10H2,(H2,14,17). The molecule has 0 radical (unpaired) electrons. The van der Waals surface area contributed by atoms with Gasteiger partial charge >= 0.3 is 6.09 Å². The molecule has 0 bridgehead atoms. The third-order valence-corrected chi connectivity index (χ3v) is 4.14. The Labute approximate surface area is 109 Å². The van der Waals surface area contributed by atoms with Crippen LogP contribution in [0.4, 0.5) is 4.79 Å². The number of amides is 1. The second-order valence-corrected chi connectivity index (χ2v) is 5.57. The molecule has 0 aliphatic carbocycles. The van der Waals surface area contributed by atoms with Crippen LogP contribution in [0.25, 0.3) is 0 Å². The summed E-state index contributed by atoms with van der Waals surface area (Å²) in [5.41, 5.74) is 4.98. The first-order chi connectivity index (χ1) is 8.74. The van der Waals surface area contributed by atoms with Crippen LogP contribution < -0.4 is 11.1 Å². The Morgan fingerprint density at radius 1 is 1.17 bits per heavy atom. The summed E-state index contributed by atoms with van der Waals surface area (Å²) in [7, 11) is 0. The number of hydrogen-bond donors (Lipinski definition) is 2. The molecule has 5 heteroatoms. The normalized spacial score (nSPS) is 24.0. The molecule has 0 aromatic carbocycles. The van der Waals surface area contributed by atoms with Gasteiger partial charge in [0.25, 0.3) is 0 Å². The number of carbonyl (C=O) groups is 1. The summed E-state index contributed by atoms with van der Waals surface area (Å²) in [5, 5.41) is 3.41. The molecular weight excluding hydrogens is 230 g/mol. The summed E-state index contributed by atoms with van der Waals surface area (Å²) in [6, 6.07) is 0. The van der Waals surface area contributed by atoms with Gasteiger partial charge in [0.1, 0.15) is 0 Å². The Bertz CT molecular complexity index is 259. The van der Waals surface area contributed by atoms with Crippen LogP contribution >= 0.6 is 0 Å². The molecule has 2 aliphatic heterocycles. The molecular formula is C13H25N3O2. The molecule has 18 heavy (non-hydrogen) atoms. The Morgan fingerprint density at radius 3 is 2.44 bits per heavy atom. The number of carbonyl (C=O) groups excluding carboxylic acids is 1. The number of nitrogens with one attached hydrogen (secondary N) is 1. The van der Waals surface area contributed by atoms with Crippen LogP contribution in [0, 0.1) is 11.8 Å². The molecule has 0 spiro atoms. The van der Waals surface area contributed by atoms with E-state index in [9.17, 15) is 4.79 Å². The van der Waals surface area contributed by atoms with Gasteiger partial charge in [0, 0.05) is 6.54 Å². The number of rotatable bonds is 4. The van der Waals surface area contributed by atoms with Crippen LogP contribution in [0.1, 0.15) is 25.7 Å². The van der Waals surface area contributed by atoms with Crippen LogP contribution in [0.3, 0.4) is 0 Å². The lowest BCUT2D eigenvalue weighted by Crippen LogP contribution is -2.41. The number of likely N-dealkylation sites (tertiary alicyclic amines) is 1. The number of primary amides is 1. The van der Waals surface area contributed by atoms with Crippen molar-refractivity contribution < 1.29 is 9.53 Å². The van der Waals surface area contributed by atoms with Gasteiger partial charge in [-0.25, -0.2) is 4.79 Å². The molecule has 0 saturated carbocycles. The van der Waals surface area contributed by atoms with Crippen molar-refractivity contribution in [2.45, 2.75) is 25.7 Å². The SMILES string of the molecule is NC(=O)OCC1CCN(CC2CCNCC2)CC1. The first-order valence-corrected chi connectivity index (χ1v) is 7.09. The van der Waals surface area contributed by atoms with Crippen LogP contribution in [-0.2, 0) is 4.74 Å². The minimum Gasteiger partial charge on any atom is -0.449 e. The van der Waals surface area contributed by atoms with Crippen molar-refractivity contribution in [1.82, 2.24) is 10.2 Å². The van der Waals surface area contributed by atoms with Crippen molar-refractivity contribution >= 4 is 6.09 Å². The van der Waals surface area contributed by atoms with Crippen LogP contribution in [0.5, 0.6) is 0 Å². The van der Waals surface area contributed by atoms with E-state index in [0.717, 1.165) is 31.8 Å². The molecule has 0 aromatic heterocycles. The predicted molar refractivity (Wildman–Crippen MR) is 70.3 cm³/mol. The zero-order valence-electron chi connectivity index (χ0n) is 11.1. The maximum Gasteiger partial charge on any atom is 0.404 e. The molecule has 0 unspecified atom stereocenters. The smallest absolute Gasteiger partial charge is 0.404 e. The fraction of sp³-hybridized carbons (Fsp3) is 0.923. The van der Waals surface area contributed by atoms with Gasteiger partial charge in [0.15, 0.2) is 0 Å². The highest BCUT2D eigenvalue weighted by molar-refractivity contribution is 5.64. The number of nitrogens with zero attached hydrogens (tertiary/aromatic N) is 1. The highest BCUT2D eigenvalue weighted by Crippen LogP contribution is 2.20. The second-order valence-electron chi connectivity index (χ2n) is 5.57. The molecule has 2 heterocycles. The van der Waals surface area contributed by atoms with E-state index in [1.165, 1.54) is 32.5 Å². The van der Waals surface area contributed by atoms with Gasteiger partial charge in [-0.1, -0.05) is 0 Å². The lowest BCUT2D eigenvalue weighted by atomic mass is 9.94. The van der Waals surface area contributed by atoms with Crippen LogP contribution in [-0.4, -0.2) is 50.3 Å². The van der Waals surface area contributed by atoms with Crippen LogP contribution in [0.2, 0.25) is 0 Å². The fourth-order valence-electron chi connectivity index (χ4n) is 2.97. The highest BCUT2D eigenvalue weighted by Gasteiger charge is 2.23. The average molecular weight is 255 g/mol. The Morgan fingerprint density at radius 2 is 1.83 bits per heavy atom. The number of piperidine rings is 2. The lowest BCUT2D eigenvalue weighted by Gasteiger charge is -2.35. The summed E-state index contributed by atoms with van der Waals surface area (Å²) in [6.45, 7) is 6.36. The van der Waals surface area contributed by atoms with E-state index >= 15 is 0 Å². The largest absolute Gasteiger partial charge is 0.449 e. The van der Waals surface area contributed by atoms with E-state index < -0.39 is 6.09 Å². The van der Waals surface area contributed by atoms with E-state index in [1.54, 1.807) is 0 Å². The first-order valence-electron chi connectivity index (χ1n) is 7.09. The molecule has 1 amide bonds. The maximum absolute atomic E-state index is 10.6. The first kappa shape index (κ1) is 13.6. The van der Waals surface area contributed by atoms with Crippen molar-refractivity contribution in [3.05, 3.63) is 0 Å². The van der Waals surface area contributed by atoms with Gasteiger partial charge in [-0.3, -0.25) is 0 Å². The third kappa shape index (κ3) is 4.46. The van der Waals surface area contributed by atoms with Crippen molar-refractivity contribution in [2.75, 3.05) is 39.3 Å². The number of hydrogen-bond acceptors (Lipinski definition) is 4. The minimum absolute atomic E-state index is 0.497. The predicted octanol–water partition coefficient (Wildman–Crippen LogP) is 0.793. The van der Waals surface area contributed by atoms with Gasteiger partial charge in [0.2, 0.25) is 0 Å². The van der Waals surface area contributed by atoms with E-state index in [-0.39, 0.29) is 0 Å². The molecule has 2 saturated heterocycles. The average Bonchev–Trinajstić information content (AvgIpc) is 2.39. The highest BCUT2D eigenvalue weighted by atomic mass is 16.5. The summed E-state index contributed by atoms with van der Waals surface area (Å²) < 4.78 is 4.88. The maximum atomic E-state index is 10.6. The monoisotopic (exact) mass is 255 g/mol. The number of ether oxygens (including phenoxy) is 1. The van der Waals surface area contributed by atoms with E-state index in [2.05, 4.69) is 10.2 Å². The molecule has 2 rings (SSSR count). The van der Waals surface area contributed by atoms with Crippen LogP contribution in [0.15, 0.2) is 0 Å². The molecule has 104 valence electrons. The Balaban J connectivity index is 1.62. The van der Waals surface area contributed by atoms with Gasteiger partial charge in [0.05, 0.1) is 6.61 Å². The zero-order chi connectivity index (χ0) is 12.8. The third-order valence-electron chi connectivity index (χ3n) is 4.14. The van der Waals surface area contributed by atoms with Crippen molar-refractivity contribution in [3.8, 4) is 0 Å².